The van der Waals surface area contributed by atoms with Crippen molar-refractivity contribution in [1.82, 2.24) is 14.8 Å². The predicted octanol–water partition coefficient (Wildman–Crippen LogP) is 2.54. The van der Waals surface area contributed by atoms with E-state index in [9.17, 15) is 0 Å². The summed E-state index contributed by atoms with van der Waals surface area (Å²) in [4.78, 5) is 9.67. The van der Waals surface area contributed by atoms with E-state index in [1.54, 1.807) is 7.11 Å². The summed E-state index contributed by atoms with van der Waals surface area (Å²) in [5.41, 5.74) is 1.58. The smallest absolute Gasteiger partial charge is 0.212 e. The number of hydrogen-bond acceptors (Lipinski definition) is 4. The third-order valence-electron chi connectivity index (χ3n) is 4.95. The summed E-state index contributed by atoms with van der Waals surface area (Å²) in [5.74, 6) is 0.694. The van der Waals surface area contributed by atoms with E-state index in [1.807, 2.05) is 12.3 Å². The highest BCUT2D eigenvalue weighted by atomic mass is 16.5. The van der Waals surface area contributed by atoms with Gasteiger partial charge in [0.2, 0.25) is 5.88 Å². The molecule has 0 spiro atoms. The fraction of sp³-hybridized carbons (Fsp3) is 0.706. The first-order valence-corrected chi connectivity index (χ1v) is 7.97. The topological polar surface area (TPSA) is 28.6 Å². The maximum Gasteiger partial charge on any atom is 0.212 e. The van der Waals surface area contributed by atoms with Gasteiger partial charge < -0.3 is 4.74 Å². The summed E-state index contributed by atoms with van der Waals surface area (Å²) in [7, 11) is 1.66. The minimum Gasteiger partial charge on any atom is -0.481 e. The quantitative estimate of drug-likeness (QED) is 0.855. The molecule has 116 valence electrons. The van der Waals surface area contributed by atoms with Crippen LogP contribution >= 0.6 is 0 Å². The molecular weight excluding hydrogens is 262 g/mol. The molecule has 0 amide bonds. The van der Waals surface area contributed by atoms with E-state index in [-0.39, 0.29) is 5.54 Å². The zero-order valence-electron chi connectivity index (χ0n) is 13.7. The lowest BCUT2D eigenvalue weighted by Gasteiger charge is -2.46. The zero-order chi connectivity index (χ0) is 15.0. The molecule has 0 saturated carbocycles. The van der Waals surface area contributed by atoms with Gasteiger partial charge in [0.15, 0.2) is 0 Å². The van der Waals surface area contributed by atoms with Gasteiger partial charge in [0.25, 0.3) is 0 Å². The summed E-state index contributed by atoms with van der Waals surface area (Å²) in [6, 6.07) is 5.50. The van der Waals surface area contributed by atoms with Crippen LogP contribution in [-0.4, -0.2) is 52.6 Å². The summed E-state index contributed by atoms with van der Waals surface area (Å²) in [6.07, 6.45) is 4.62. The lowest BCUT2D eigenvalue weighted by atomic mass is 10.0. The second-order valence-electron chi connectivity index (χ2n) is 7.34. The molecule has 4 nitrogen and oxygen atoms in total. The van der Waals surface area contributed by atoms with Crippen molar-refractivity contribution in [1.29, 1.82) is 0 Å². The minimum atomic E-state index is 0.286. The van der Waals surface area contributed by atoms with Crippen LogP contribution < -0.4 is 4.74 Å². The molecule has 0 radical (unpaired) electrons. The van der Waals surface area contributed by atoms with Crippen molar-refractivity contribution < 1.29 is 4.74 Å². The Morgan fingerprint density at radius 3 is 2.33 bits per heavy atom. The van der Waals surface area contributed by atoms with E-state index >= 15 is 0 Å². The second kappa shape index (κ2) is 5.58. The molecule has 3 heterocycles. The Bertz CT molecular complexity index is 466. The van der Waals surface area contributed by atoms with Gasteiger partial charge in [-0.2, -0.15) is 0 Å². The van der Waals surface area contributed by atoms with Gasteiger partial charge in [0, 0.05) is 49.5 Å². The maximum atomic E-state index is 5.13. The van der Waals surface area contributed by atoms with Crippen LogP contribution in [-0.2, 0) is 6.54 Å². The highest BCUT2D eigenvalue weighted by molar-refractivity contribution is 5.18. The third kappa shape index (κ3) is 3.06. The van der Waals surface area contributed by atoms with Gasteiger partial charge in [-0.25, -0.2) is 4.98 Å². The predicted molar refractivity (Wildman–Crippen MR) is 84.5 cm³/mol. The number of rotatable bonds is 3. The lowest BCUT2D eigenvalue weighted by Crippen LogP contribution is -2.58. The molecule has 3 rings (SSSR count). The highest BCUT2D eigenvalue weighted by Gasteiger charge is 2.42. The number of likely N-dealkylation sites (tertiary alicyclic amines) is 1. The fourth-order valence-corrected chi connectivity index (χ4v) is 3.63. The molecule has 2 saturated heterocycles. The molecule has 4 heteroatoms. The number of aromatic nitrogens is 1. The number of fused-ring (bicyclic) bond motifs is 2. The molecule has 2 fully saturated rings. The summed E-state index contributed by atoms with van der Waals surface area (Å²) >= 11 is 0. The van der Waals surface area contributed by atoms with Crippen LogP contribution in [0.3, 0.4) is 0 Å². The van der Waals surface area contributed by atoms with Crippen LogP contribution in [0.5, 0.6) is 5.88 Å². The van der Waals surface area contributed by atoms with Gasteiger partial charge in [-0.1, -0.05) is 6.07 Å². The number of piperazine rings is 1. The lowest BCUT2D eigenvalue weighted by molar-refractivity contribution is 0.0115. The largest absolute Gasteiger partial charge is 0.481 e. The molecule has 2 atom stereocenters. The molecule has 2 aliphatic rings. The van der Waals surface area contributed by atoms with Gasteiger partial charge in [0.1, 0.15) is 0 Å². The Balaban J connectivity index is 1.67. The van der Waals surface area contributed by atoms with E-state index in [2.05, 4.69) is 41.6 Å². The molecule has 1 aromatic heterocycles. The van der Waals surface area contributed by atoms with Crippen molar-refractivity contribution in [3.8, 4) is 5.88 Å². The third-order valence-corrected chi connectivity index (χ3v) is 4.95. The molecular formula is C17H27N3O. The SMILES string of the molecule is COc1ccc(CN2C3CCC2CN(C(C)(C)C)C3)cn1. The zero-order valence-corrected chi connectivity index (χ0v) is 13.7. The number of ether oxygens (including phenoxy) is 1. The Hall–Kier alpha value is -1.13. The first-order valence-electron chi connectivity index (χ1n) is 7.97. The molecule has 0 N–H and O–H groups in total. The van der Waals surface area contributed by atoms with Gasteiger partial charge in [-0.15, -0.1) is 0 Å². The monoisotopic (exact) mass is 289 g/mol. The van der Waals surface area contributed by atoms with E-state index < -0.39 is 0 Å². The maximum absolute atomic E-state index is 5.13. The van der Waals surface area contributed by atoms with Crippen LogP contribution in [0, 0.1) is 0 Å². The van der Waals surface area contributed by atoms with Crippen molar-refractivity contribution in [2.75, 3.05) is 20.2 Å². The minimum absolute atomic E-state index is 0.286. The first-order chi connectivity index (χ1) is 9.97. The molecule has 21 heavy (non-hydrogen) atoms. The Morgan fingerprint density at radius 2 is 1.86 bits per heavy atom. The van der Waals surface area contributed by atoms with Crippen LogP contribution in [0.1, 0.15) is 39.2 Å². The number of hydrogen-bond donors (Lipinski definition) is 0. The molecule has 2 bridgehead atoms. The van der Waals surface area contributed by atoms with Crippen LogP contribution in [0.15, 0.2) is 18.3 Å². The molecule has 0 aliphatic carbocycles. The van der Waals surface area contributed by atoms with E-state index in [1.165, 1.54) is 31.5 Å². The van der Waals surface area contributed by atoms with Crippen LogP contribution in [0.4, 0.5) is 0 Å². The average Bonchev–Trinajstić information content (AvgIpc) is 2.69. The van der Waals surface area contributed by atoms with Crippen LogP contribution in [0.25, 0.3) is 0 Å². The first kappa shape index (κ1) is 14.8. The Kier molecular flexibility index (Phi) is 3.93. The summed E-state index contributed by atoms with van der Waals surface area (Å²) in [5, 5.41) is 0. The normalized spacial score (nSPS) is 27.0. The highest BCUT2D eigenvalue weighted by Crippen LogP contribution is 2.34. The van der Waals surface area contributed by atoms with Crippen molar-refractivity contribution in [2.45, 2.75) is 57.8 Å². The number of methoxy groups -OCH3 is 1. The fourth-order valence-electron chi connectivity index (χ4n) is 3.63. The second-order valence-corrected chi connectivity index (χ2v) is 7.34. The van der Waals surface area contributed by atoms with Gasteiger partial charge >= 0.3 is 0 Å². The van der Waals surface area contributed by atoms with Crippen molar-refractivity contribution in [2.24, 2.45) is 0 Å². The number of nitrogens with zero attached hydrogens (tertiary/aromatic N) is 3. The van der Waals surface area contributed by atoms with Crippen molar-refractivity contribution in [3.63, 3.8) is 0 Å². The Labute approximate surface area is 128 Å². The van der Waals surface area contributed by atoms with E-state index in [4.69, 9.17) is 4.74 Å². The summed E-state index contributed by atoms with van der Waals surface area (Å²) < 4.78 is 5.13. The Morgan fingerprint density at radius 1 is 1.19 bits per heavy atom. The van der Waals surface area contributed by atoms with E-state index in [0.29, 0.717) is 18.0 Å². The molecule has 0 aromatic carbocycles. The van der Waals surface area contributed by atoms with Crippen molar-refractivity contribution in [3.05, 3.63) is 23.9 Å². The van der Waals surface area contributed by atoms with Crippen LogP contribution in [0.2, 0.25) is 0 Å². The number of pyridine rings is 1. The summed E-state index contributed by atoms with van der Waals surface area (Å²) in [6.45, 7) is 10.4. The van der Waals surface area contributed by atoms with Crippen molar-refractivity contribution >= 4 is 0 Å². The molecule has 2 aliphatic heterocycles. The molecule has 1 aromatic rings. The van der Waals surface area contributed by atoms with Gasteiger partial charge in [-0.05, 0) is 39.2 Å². The van der Waals surface area contributed by atoms with Gasteiger partial charge in [-0.3, -0.25) is 9.80 Å². The van der Waals surface area contributed by atoms with E-state index in [0.717, 1.165) is 6.54 Å². The standard InChI is InChI=1S/C17H27N3O/c1-17(2,3)19-11-14-6-7-15(12-19)20(14)10-13-5-8-16(21-4)18-9-13/h5,8-9,14-15H,6-7,10-12H2,1-4H3. The molecule has 2 unspecified atom stereocenters. The average molecular weight is 289 g/mol. The van der Waals surface area contributed by atoms with Gasteiger partial charge in [0.05, 0.1) is 7.11 Å².